The van der Waals surface area contributed by atoms with Gasteiger partial charge in [-0.2, -0.15) is 0 Å². The second-order valence-corrected chi connectivity index (χ2v) is 4.36. The Morgan fingerprint density at radius 1 is 1.56 bits per heavy atom. The van der Waals surface area contributed by atoms with Crippen LogP contribution in [-0.4, -0.2) is 11.9 Å². The van der Waals surface area contributed by atoms with Crippen molar-refractivity contribution in [2.75, 3.05) is 0 Å². The summed E-state index contributed by atoms with van der Waals surface area (Å²) >= 11 is 5.83. The Hall–Kier alpha value is -1.06. The highest BCUT2D eigenvalue weighted by molar-refractivity contribution is 6.30. The molecule has 0 aliphatic rings. The summed E-state index contributed by atoms with van der Waals surface area (Å²) in [6, 6.07) is 7.51. The first-order valence-corrected chi connectivity index (χ1v) is 5.72. The van der Waals surface area contributed by atoms with Gasteiger partial charge in [0.1, 0.15) is 0 Å². The van der Waals surface area contributed by atoms with Gasteiger partial charge < -0.3 is 11.1 Å². The zero-order chi connectivity index (χ0) is 12.0. The Balaban J connectivity index is 2.31. The average Bonchev–Trinajstić information content (AvgIpc) is 2.23. The number of nitrogens with one attached hydrogen (secondary N) is 1. The number of carbonyl (C=O) groups excluding carboxylic acids is 1. The molecule has 1 aromatic carbocycles. The van der Waals surface area contributed by atoms with Crippen molar-refractivity contribution >= 4 is 17.5 Å². The van der Waals surface area contributed by atoms with E-state index in [9.17, 15) is 4.79 Å². The van der Waals surface area contributed by atoms with Crippen molar-refractivity contribution in [3.05, 3.63) is 34.9 Å². The van der Waals surface area contributed by atoms with E-state index < -0.39 is 0 Å². The average molecular weight is 241 g/mol. The van der Waals surface area contributed by atoms with Crippen LogP contribution >= 0.6 is 11.6 Å². The van der Waals surface area contributed by atoms with Crippen LogP contribution in [-0.2, 0) is 11.3 Å². The minimum absolute atomic E-state index is 0.0253. The summed E-state index contributed by atoms with van der Waals surface area (Å²) in [6.07, 6.45) is 1.18. The molecule has 0 radical (unpaired) electrons. The summed E-state index contributed by atoms with van der Waals surface area (Å²) in [6.45, 7) is 2.41. The monoisotopic (exact) mass is 240 g/mol. The van der Waals surface area contributed by atoms with Crippen LogP contribution in [0.5, 0.6) is 0 Å². The topological polar surface area (TPSA) is 55.1 Å². The van der Waals surface area contributed by atoms with E-state index in [4.69, 9.17) is 17.3 Å². The number of hydrogen-bond donors (Lipinski definition) is 2. The maximum atomic E-state index is 11.4. The number of benzene rings is 1. The maximum Gasteiger partial charge on any atom is 0.220 e. The summed E-state index contributed by atoms with van der Waals surface area (Å²) in [4.78, 5) is 11.4. The molecule has 1 rings (SSSR count). The fourth-order valence-corrected chi connectivity index (χ4v) is 1.51. The van der Waals surface area contributed by atoms with E-state index in [0.29, 0.717) is 24.4 Å². The molecule has 0 saturated carbocycles. The third kappa shape index (κ3) is 5.14. The van der Waals surface area contributed by atoms with Gasteiger partial charge in [0.15, 0.2) is 0 Å². The molecule has 1 unspecified atom stereocenters. The number of carbonyl (C=O) groups is 1. The van der Waals surface area contributed by atoms with Crippen LogP contribution in [0.4, 0.5) is 0 Å². The van der Waals surface area contributed by atoms with Gasteiger partial charge in [0.2, 0.25) is 5.91 Å². The summed E-state index contributed by atoms with van der Waals surface area (Å²) in [5.41, 5.74) is 6.57. The number of halogens is 1. The molecule has 0 heterocycles. The van der Waals surface area contributed by atoms with E-state index in [-0.39, 0.29) is 11.9 Å². The van der Waals surface area contributed by atoms with Gasteiger partial charge >= 0.3 is 0 Å². The fourth-order valence-electron chi connectivity index (χ4n) is 1.29. The quantitative estimate of drug-likeness (QED) is 0.828. The Kier molecular flexibility index (Phi) is 5.29. The normalized spacial score (nSPS) is 12.2. The number of nitrogens with two attached hydrogens (primary N) is 1. The predicted octanol–water partition coefficient (Wildman–Crippen LogP) is 2.08. The molecule has 1 amide bonds. The standard InChI is InChI=1S/C12H17ClN2O/c1-9(14)5-6-12(16)15-8-10-3-2-4-11(13)7-10/h2-4,7,9H,5-6,8,14H2,1H3,(H,15,16). The minimum atomic E-state index is 0.0253. The molecule has 3 nitrogen and oxygen atoms in total. The van der Waals surface area contributed by atoms with E-state index in [1.807, 2.05) is 31.2 Å². The van der Waals surface area contributed by atoms with Gasteiger partial charge in [-0.25, -0.2) is 0 Å². The van der Waals surface area contributed by atoms with Crippen LogP contribution in [0.1, 0.15) is 25.3 Å². The highest BCUT2D eigenvalue weighted by Gasteiger charge is 2.03. The van der Waals surface area contributed by atoms with Crippen molar-refractivity contribution in [1.29, 1.82) is 0 Å². The molecule has 0 spiro atoms. The SMILES string of the molecule is CC(N)CCC(=O)NCc1cccc(Cl)c1. The van der Waals surface area contributed by atoms with Gasteiger partial charge in [-0.3, -0.25) is 4.79 Å². The summed E-state index contributed by atoms with van der Waals surface area (Å²) in [7, 11) is 0. The molecule has 0 fully saturated rings. The second kappa shape index (κ2) is 6.51. The summed E-state index contributed by atoms with van der Waals surface area (Å²) < 4.78 is 0. The molecular weight excluding hydrogens is 224 g/mol. The Bertz CT molecular complexity index is 353. The van der Waals surface area contributed by atoms with Crippen molar-refractivity contribution in [3.63, 3.8) is 0 Å². The largest absolute Gasteiger partial charge is 0.352 e. The lowest BCUT2D eigenvalue weighted by molar-refractivity contribution is -0.121. The first-order valence-electron chi connectivity index (χ1n) is 5.34. The highest BCUT2D eigenvalue weighted by atomic mass is 35.5. The van der Waals surface area contributed by atoms with E-state index in [1.54, 1.807) is 0 Å². The van der Waals surface area contributed by atoms with Crippen LogP contribution in [0.15, 0.2) is 24.3 Å². The Labute approximate surface area is 101 Å². The number of hydrogen-bond acceptors (Lipinski definition) is 2. The highest BCUT2D eigenvalue weighted by Crippen LogP contribution is 2.10. The lowest BCUT2D eigenvalue weighted by Crippen LogP contribution is -2.25. The predicted molar refractivity (Wildman–Crippen MR) is 66.2 cm³/mol. The number of amides is 1. The minimum Gasteiger partial charge on any atom is -0.352 e. The van der Waals surface area contributed by atoms with E-state index in [0.717, 1.165) is 5.56 Å². The molecule has 0 bridgehead atoms. The molecule has 0 aliphatic carbocycles. The summed E-state index contributed by atoms with van der Waals surface area (Å²) in [5.74, 6) is 0.0253. The molecule has 3 N–H and O–H groups in total. The van der Waals surface area contributed by atoms with Gasteiger partial charge in [-0.1, -0.05) is 23.7 Å². The van der Waals surface area contributed by atoms with E-state index in [1.165, 1.54) is 0 Å². The van der Waals surface area contributed by atoms with E-state index in [2.05, 4.69) is 5.32 Å². The maximum absolute atomic E-state index is 11.4. The van der Waals surface area contributed by atoms with Crippen molar-refractivity contribution in [3.8, 4) is 0 Å². The summed E-state index contributed by atoms with van der Waals surface area (Å²) in [5, 5.41) is 3.51. The smallest absolute Gasteiger partial charge is 0.220 e. The fraction of sp³-hybridized carbons (Fsp3) is 0.417. The first-order chi connectivity index (χ1) is 7.58. The van der Waals surface area contributed by atoms with Crippen LogP contribution in [0, 0.1) is 0 Å². The van der Waals surface area contributed by atoms with Crippen molar-refractivity contribution < 1.29 is 4.79 Å². The van der Waals surface area contributed by atoms with Crippen molar-refractivity contribution in [1.82, 2.24) is 5.32 Å². The zero-order valence-corrected chi connectivity index (χ0v) is 10.1. The van der Waals surface area contributed by atoms with Crippen LogP contribution in [0.25, 0.3) is 0 Å². The molecule has 1 atom stereocenters. The van der Waals surface area contributed by atoms with Gasteiger partial charge in [0, 0.05) is 24.0 Å². The van der Waals surface area contributed by atoms with Crippen molar-refractivity contribution in [2.24, 2.45) is 5.73 Å². The molecule has 16 heavy (non-hydrogen) atoms. The third-order valence-electron chi connectivity index (χ3n) is 2.21. The molecule has 1 aromatic rings. The lowest BCUT2D eigenvalue weighted by atomic mass is 10.2. The first kappa shape index (κ1) is 13.0. The molecule has 4 heteroatoms. The Morgan fingerprint density at radius 2 is 2.31 bits per heavy atom. The molecule has 0 saturated heterocycles. The van der Waals surface area contributed by atoms with Crippen LogP contribution in [0.2, 0.25) is 5.02 Å². The third-order valence-corrected chi connectivity index (χ3v) is 2.44. The van der Waals surface area contributed by atoms with Crippen LogP contribution in [0.3, 0.4) is 0 Å². The Morgan fingerprint density at radius 3 is 2.94 bits per heavy atom. The van der Waals surface area contributed by atoms with Gasteiger partial charge in [0.25, 0.3) is 0 Å². The van der Waals surface area contributed by atoms with Crippen LogP contribution < -0.4 is 11.1 Å². The zero-order valence-electron chi connectivity index (χ0n) is 9.37. The van der Waals surface area contributed by atoms with E-state index >= 15 is 0 Å². The molecular formula is C12H17ClN2O. The molecule has 0 aliphatic heterocycles. The lowest BCUT2D eigenvalue weighted by Gasteiger charge is -2.07. The second-order valence-electron chi connectivity index (χ2n) is 3.92. The van der Waals surface area contributed by atoms with Gasteiger partial charge in [-0.15, -0.1) is 0 Å². The number of rotatable bonds is 5. The van der Waals surface area contributed by atoms with Crippen molar-refractivity contribution in [2.45, 2.75) is 32.4 Å². The van der Waals surface area contributed by atoms with Gasteiger partial charge in [0.05, 0.1) is 0 Å². The van der Waals surface area contributed by atoms with Gasteiger partial charge in [-0.05, 0) is 31.0 Å². The molecule has 88 valence electrons. The molecule has 0 aromatic heterocycles.